The summed E-state index contributed by atoms with van der Waals surface area (Å²) in [5.74, 6) is 0. The molecule has 0 bridgehead atoms. The molecule has 0 amide bonds. The van der Waals surface area contributed by atoms with Crippen molar-refractivity contribution in [1.29, 1.82) is 5.26 Å². The largest absolute Gasteiger partial charge is 0.385 e. The Hall–Kier alpha value is -2.01. The summed E-state index contributed by atoms with van der Waals surface area (Å²) >= 11 is 0. The van der Waals surface area contributed by atoms with Crippen molar-refractivity contribution in [2.24, 2.45) is 5.41 Å². The average molecular weight is 266 g/mol. The molecule has 0 radical (unpaired) electrons. The predicted molar refractivity (Wildman–Crippen MR) is 85.7 cm³/mol. The Kier molecular flexibility index (Phi) is 4.63. The van der Waals surface area contributed by atoms with Crippen LogP contribution in [0.2, 0.25) is 0 Å². The Morgan fingerprint density at radius 3 is 2.55 bits per heavy atom. The van der Waals surface area contributed by atoms with Gasteiger partial charge in [-0.3, -0.25) is 0 Å². The number of anilines is 1. The predicted octanol–water partition coefficient (Wildman–Crippen LogP) is 4.97. The van der Waals surface area contributed by atoms with Crippen LogP contribution in [-0.2, 0) is 0 Å². The number of rotatable bonds is 6. The molecule has 0 heterocycles. The molecule has 0 aliphatic heterocycles. The summed E-state index contributed by atoms with van der Waals surface area (Å²) in [7, 11) is 0. The van der Waals surface area contributed by atoms with Crippen molar-refractivity contribution in [2.45, 2.75) is 33.1 Å². The second-order valence-corrected chi connectivity index (χ2v) is 5.94. The highest BCUT2D eigenvalue weighted by Crippen LogP contribution is 2.22. The van der Waals surface area contributed by atoms with E-state index in [0.717, 1.165) is 25.8 Å². The number of nitriles is 1. The van der Waals surface area contributed by atoms with Crippen LogP contribution in [0.25, 0.3) is 10.8 Å². The van der Waals surface area contributed by atoms with Crippen molar-refractivity contribution in [2.75, 3.05) is 11.9 Å². The topological polar surface area (TPSA) is 35.8 Å². The summed E-state index contributed by atoms with van der Waals surface area (Å²) in [6, 6.07) is 17.2. The maximum atomic E-state index is 8.96. The van der Waals surface area contributed by atoms with Gasteiger partial charge < -0.3 is 5.32 Å². The lowest BCUT2D eigenvalue weighted by Gasteiger charge is -2.14. The van der Waals surface area contributed by atoms with Crippen molar-refractivity contribution in [1.82, 2.24) is 0 Å². The summed E-state index contributed by atoms with van der Waals surface area (Å²) in [4.78, 5) is 0. The highest BCUT2D eigenvalue weighted by atomic mass is 14.9. The first-order valence-electron chi connectivity index (χ1n) is 7.25. The number of benzene rings is 2. The summed E-state index contributed by atoms with van der Waals surface area (Å²) in [5.41, 5.74) is 0.978. The van der Waals surface area contributed by atoms with Crippen LogP contribution < -0.4 is 5.32 Å². The zero-order valence-electron chi connectivity index (χ0n) is 12.3. The van der Waals surface area contributed by atoms with Crippen LogP contribution in [0.15, 0.2) is 42.5 Å². The number of nitrogens with zero attached hydrogens (tertiary/aromatic N) is 1. The highest BCUT2D eigenvalue weighted by molar-refractivity contribution is 5.85. The van der Waals surface area contributed by atoms with Crippen molar-refractivity contribution >= 4 is 16.5 Å². The fourth-order valence-electron chi connectivity index (χ4n) is 2.28. The van der Waals surface area contributed by atoms with E-state index in [9.17, 15) is 0 Å². The minimum Gasteiger partial charge on any atom is -0.385 e. The Balaban J connectivity index is 1.80. The standard InChI is InChI=1S/C18H22N2/c1-18(2,14-19)11-5-6-12-20-17-10-9-15-7-3-4-8-16(15)13-17/h3-4,7-10,13,20H,5-6,11-12H2,1-2H3. The zero-order chi connectivity index (χ0) is 14.4. The van der Waals surface area contributed by atoms with Crippen molar-refractivity contribution < 1.29 is 0 Å². The molecular weight excluding hydrogens is 244 g/mol. The first kappa shape index (κ1) is 14.4. The fraction of sp³-hybridized carbons (Fsp3) is 0.389. The van der Waals surface area contributed by atoms with Crippen LogP contribution in [-0.4, -0.2) is 6.54 Å². The van der Waals surface area contributed by atoms with Gasteiger partial charge >= 0.3 is 0 Å². The minimum absolute atomic E-state index is 0.192. The molecule has 0 unspecified atom stereocenters. The van der Waals surface area contributed by atoms with E-state index in [4.69, 9.17) is 5.26 Å². The first-order chi connectivity index (χ1) is 9.61. The van der Waals surface area contributed by atoms with Crippen LogP contribution in [0.5, 0.6) is 0 Å². The molecule has 20 heavy (non-hydrogen) atoms. The molecule has 0 aromatic heterocycles. The van der Waals surface area contributed by atoms with Gasteiger partial charge in [0.2, 0.25) is 0 Å². The monoisotopic (exact) mass is 266 g/mol. The van der Waals surface area contributed by atoms with E-state index in [2.05, 4.69) is 53.9 Å². The van der Waals surface area contributed by atoms with Gasteiger partial charge in [-0.1, -0.05) is 36.8 Å². The molecule has 0 saturated heterocycles. The summed E-state index contributed by atoms with van der Waals surface area (Å²) in [6.07, 6.45) is 3.14. The summed E-state index contributed by atoms with van der Waals surface area (Å²) in [5, 5.41) is 15.0. The van der Waals surface area contributed by atoms with E-state index in [1.165, 1.54) is 16.5 Å². The summed E-state index contributed by atoms with van der Waals surface area (Å²) in [6.45, 7) is 4.97. The van der Waals surface area contributed by atoms with E-state index in [1.807, 2.05) is 13.8 Å². The minimum atomic E-state index is -0.192. The maximum Gasteiger partial charge on any atom is 0.0683 e. The van der Waals surface area contributed by atoms with E-state index >= 15 is 0 Å². The number of hydrogen-bond donors (Lipinski definition) is 1. The Morgan fingerprint density at radius 1 is 1.05 bits per heavy atom. The molecule has 2 aromatic carbocycles. The van der Waals surface area contributed by atoms with Gasteiger partial charge in [-0.15, -0.1) is 0 Å². The van der Waals surface area contributed by atoms with Gasteiger partial charge in [0, 0.05) is 12.2 Å². The van der Waals surface area contributed by atoms with E-state index in [1.54, 1.807) is 0 Å². The number of nitrogens with one attached hydrogen (secondary N) is 1. The lowest BCUT2D eigenvalue weighted by atomic mass is 9.89. The molecule has 0 aliphatic rings. The van der Waals surface area contributed by atoms with Gasteiger partial charge in [-0.25, -0.2) is 0 Å². The molecule has 2 aromatic rings. The van der Waals surface area contributed by atoms with Crippen molar-refractivity contribution in [3.63, 3.8) is 0 Å². The van der Waals surface area contributed by atoms with Crippen LogP contribution in [0.4, 0.5) is 5.69 Å². The normalized spacial score (nSPS) is 11.2. The van der Waals surface area contributed by atoms with Crippen molar-refractivity contribution in [3.8, 4) is 6.07 Å². The maximum absolute atomic E-state index is 8.96. The lowest BCUT2D eigenvalue weighted by Crippen LogP contribution is -2.09. The second-order valence-electron chi connectivity index (χ2n) is 5.94. The Labute approximate surface area is 121 Å². The van der Waals surface area contributed by atoms with Crippen molar-refractivity contribution in [3.05, 3.63) is 42.5 Å². The van der Waals surface area contributed by atoms with Gasteiger partial charge in [0.05, 0.1) is 11.5 Å². The molecule has 0 fully saturated rings. The average Bonchev–Trinajstić information content (AvgIpc) is 2.46. The molecule has 2 heteroatoms. The quantitative estimate of drug-likeness (QED) is 0.749. The smallest absolute Gasteiger partial charge is 0.0683 e. The second kappa shape index (κ2) is 6.43. The van der Waals surface area contributed by atoms with E-state index < -0.39 is 0 Å². The Morgan fingerprint density at radius 2 is 1.80 bits per heavy atom. The van der Waals surface area contributed by atoms with Gasteiger partial charge in [0.25, 0.3) is 0 Å². The third-order valence-corrected chi connectivity index (χ3v) is 3.61. The third-order valence-electron chi connectivity index (χ3n) is 3.61. The first-order valence-corrected chi connectivity index (χ1v) is 7.25. The van der Waals surface area contributed by atoms with Crippen LogP contribution >= 0.6 is 0 Å². The lowest BCUT2D eigenvalue weighted by molar-refractivity contribution is 0.430. The van der Waals surface area contributed by atoms with Crippen LogP contribution in [0.1, 0.15) is 33.1 Å². The van der Waals surface area contributed by atoms with E-state index in [-0.39, 0.29) is 5.41 Å². The molecule has 0 atom stereocenters. The number of unbranched alkanes of at least 4 members (excludes halogenated alkanes) is 1. The number of hydrogen-bond acceptors (Lipinski definition) is 2. The van der Waals surface area contributed by atoms with Crippen LogP contribution in [0, 0.1) is 16.7 Å². The molecule has 1 N–H and O–H groups in total. The molecule has 0 saturated carbocycles. The third kappa shape index (κ3) is 3.99. The zero-order valence-corrected chi connectivity index (χ0v) is 12.3. The molecule has 104 valence electrons. The van der Waals surface area contributed by atoms with E-state index in [0.29, 0.717) is 0 Å². The highest BCUT2D eigenvalue weighted by Gasteiger charge is 2.15. The van der Waals surface area contributed by atoms with Gasteiger partial charge in [-0.2, -0.15) is 5.26 Å². The molecule has 0 aliphatic carbocycles. The SMILES string of the molecule is CC(C)(C#N)CCCCNc1ccc2ccccc2c1. The Bertz CT molecular complexity index is 608. The molecule has 2 rings (SSSR count). The fourth-order valence-corrected chi connectivity index (χ4v) is 2.28. The number of fused-ring (bicyclic) bond motifs is 1. The molecule has 2 nitrogen and oxygen atoms in total. The van der Waals surface area contributed by atoms with Gasteiger partial charge in [-0.05, 0) is 49.6 Å². The molecule has 0 spiro atoms. The van der Waals surface area contributed by atoms with Crippen LogP contribution in [0.3, 0.4) is 0 Å². The van der Waals surface area contributed by atoms with Gasteiger partial charge in [0.1, 0.15) is 0 Å². The summed E-state index contributed by atoms with van der Waals surface area (Å²) < 4.78 is 0. The van der Waals surface area contributed by atoms with Gasteiger partial charge in [0.15, 0.2) is 0 Å². The molecular formula is C18H22N2.